The number of carbonyl (C=O) groups excluding carboxylic acids is 3. The fourth-order valence-corrected chi connectivity index (χ4v) is 3.58. The predicted octanol–water partition coefficient (Wildman–Crippen LogP) is 2.00. The van der Waals surface area contributed by atoms with E-state index in [9.17, 15) is 14.4 Å². The Kier molecular flexibility index (Phi) is 6.18. The maximum absolute atomic E-state index is 12.4. The predicted molar refractivity (Wildman–Crippen MR) is 102 cm³/mol. The summed E-state index contributed by atoms with van der Waals surface area (Å²) < 4.78 is 11.4. The topological polar surface area (TPSA) is 79.4 Å². The Balaban J connectivity index is 1.74. The Labute approximate surface area is 165 Å². The molecule has 0 bridgehead atoms. The zero-order valence-electron chi connectivity index (χ0n) is 16.7. The van der Waals surface area contributed by atoms with Gasteiger partial charge in [0.25, 0.3) is 0 Å². The van der Waals surface area contributed by atoms with Crippen LogP contribution >= 0.6 is 0 Å². The van der Waals surface area contributed by atoms with Gasteiger partial charge < -0.3 is 9.47 Å². The molecule has 2 aliphatic heterocycles. The molecule has 152 valence electrons. The van der Waals surface area contributed by atoms with Crippen LogP contribution in [0.15, 0.2) is 12.1 Å². The van der Waals surface area contributed by atoms with Crippen LogP contribution in [0.1, 0.15) is 38.3 Å². The normalized spacial score (nSPS) is 17.3. The lowest BCUT2D eigenvalue weighted by atomic mass is 9.99. The summed E-state index contributed by atoms with van der Waals surface area (Å²) in [5.74, 6) is -0.0416. The standard InChI is InChI=1S/C20H27N3O5/c1-4-8-22-18(24)19(25)23(20(22)26)13-21-9-7-14-10-16(27-5-2)17(28-6-3)11-15(14)12-21/h10-11H,4-9,12-13H2,1-3H3. The molecule has 1 aromatic rings. The molecule has 3 rings (SSSR count). The van der Waals surface area contributed by atoms with Crippen molar-refractivity contribution in [1.29, 1.82) is 0 Å². The molecule has 2 aliphatic rings. The Morgan fingerprint density at radius 1 is 0.893 bits per heavy atom. The van der Waals surface area contributed by atoms with Crippen molar-refractivity contribution in [2.45, 2.75) is 40.2 Å². The molecule has 0 aliphatic carbocycles. The zero-order valence-corrected chi connectivity index (χ0v) is 16.7. The summed E-state index contributed by atoms with van der Waals surface area (Å²) >= 11 is 0. The number of imide groups is 2. The molecule has 1 saturated heterocycles. The zero-order chi connectivity index (χ0) is 20.3. The molecule has 4 amide bonds. The van der Waals surface area contributed by atoms with Gasteiger partial charge in [0.05, 0.1) is 19.9 Å². The molecule has 0 radical (unpaired) electrons. The maximum atomic E-state index is 12.4. The highest BCUT2D eigenvalue weighted by molar-refractivity contribution is 6.44. The molecule has 0 saturated carbocycles. The lowest BCUT2D eigenvalue weighted by Gasteiger charge is -2.31. The van der Waals surface area contributed by atoms with Gasteiger partial charge in [-0.3, -0.25) is 19.4 Å². The third-order valence-electron chi connectivity index (χ3n) is 4.88. The van der Waals surface area contributed by atoms with E-state index in [4.69, 9.17) is 9.47 Å². The summed E-state index contributed by atoms with van der Waals surface area (Å²) in [7, 11) is 0. The second kappa shape index (κ2) is 8.60. The van der Waals surface area contributed by atoms with Crippen LogP contribution < -0.4 is 9.47 Å². The highest BCUT2D eigenvalue weighted by Gasteiger charge is 2.44. The molecular weight excluding hydrogens is 362 g/mol. The van der Waals surface area contributed by atoms with Gasteiger partial charge in [0.2, 0.25) is 0 Å². The minimum atomic E-state index is -0.744. The van der Waals surface area contributed by atoms with E-state index >= 15 is 0 Å². The van der Waals surface area contributed by atoms with Crippen LogP contribution in [0.5, 0.6) is 11.5 Å². The number of nitrogens with zero attached hydrogens (tertiary/aromatic N) is 3. The molecule has 8 heteroatoms. The van der Waals surface area contributed by atoms with Crippen LogP contribution in [0.4, 0.5) is 4.79 Å². The van der Waals surface area contributed by atoms with Gasteiger partial charge in [-0.05, 0) is 49.9 Å². The lowest BCUT2D eigenvalue weighted by molar-refractivity contribution is -0.144. The molecule has 0 atom stereocenters. The fourth-order valence-electron chi connectivity index (χ4n) is 3.58. The molecule has 1 aromatic carbocycles. The molecule has 0 aromatic heterocycles. The summed E-state index contributed by atoms with van der Waals surface area (Å²) in [6.45, 7) is 8.45. The highest BCUT2D eigenvalue weighted by atomic mass is 16.5. The van der Waals surface area contributed by atoms with E-state index in [1.54, 1.807) is 0 Å². The first-order chi connectivity index (χ1) is 13.5. The second-order valence-electron chi connectivity index (χ2n) is 6.85. The van der Waals surface area contributed by atoms with Crippen molar-refractivity contribution in [3.8, 4) is 11.5 Å². The molecule has 0 spiro atoms. The first-order valence-corrected chi connectivity index (χ1v) is 9.81. The van der Waals surface area contributed by atoms with E-state index in [1.807, 2.05) is 37.8 Å². The molecule has 0 N–H and O–H groups in total. The van der Waals surface area contributed by atoms with Gasteiger partial charge >= 0.3 is 17.8 Å². The Morgan fingerprint density at radius 2 is 1.50 bits per heavy atom. The van der Waals surface area contributed by atoms with Crippen molar-refractivity contribution < 1.29 is 23.9 Å². The Hall–Kier alpha value is -2.61. The second-order valence-corrected chi connectivity index (χ2v) is 6.85. The van der Waals surface area contributed by atoms with Crippen LogP contribution in [-0.4, -0.2) is 65.5 Å². The number of ether oxygens (including phenoxy) is 2. The number of urea groups is 1. The van der Waals surface area contributed by atoms with Crippen molar-refractivity contribution in [2.75, 3.05) is 33.0 Å². The number of benzene rings is 1. The van der Waals surface area contributed by atoms with Gasteiger partial charge in [0.1, 0.15) is 0 Å². The van der Waals surface area contributed by atoms with Crippen LogP contribution in [-0.2, 0) is 22.6 Å². The van der Waals surface area contributed by atoms with Crippen molar-refractivity contribution in [3.63, 3.8) is 0 Å². The third-order valence-corrected chi connectivity index (χ3v) is 4.88. The van der Waals surface area contributed by atoms with Gasteiger partial charge in [-0.1, -0.05) is 6.92 Å². The third kappa shape index (κ3) is 3.82. The minimum Gasteiger partial charge on any atom is -0.490 e. The van der Waals surface area contributed by atoms with E-state index in [0.29, 0.717) is 38.5 Å². The Bertz CT molecular complexity index is 779. The van der Waals surface area contributed by atoms with E-state index < -0.39 is 17.8 Å². The largest absolute Gasteiger partial charge is 0.490 e. The van der Waals surface area contributed by atoms with E-state index in [0.717, 1.165) is 27.5 Å². The van der Waals surface area contributed by atoms with Crippen molar-refractivity contribution in [3.05, 3.63) is 23.3 Å². The van der Waals surface area contributed by atoms with Gasteiger partial charge in [-0.2, -0.15) is 0 Å². The van der Waals surface area contributed by atoms with E-state index in [-0.39, 0.29) is 13.2 Å². The van der Waals surface area contributed by atoms with Gasteiger partial charge in [0.15, 0.2) is 11.5 Å². The van der Waals surface area contributed by atoms with E-state index in [1.165, 1.54) is 5.56 Å². The van der Waals surface area contributed by atoms with Crippen LogP contribution in [0.25, 0.3) is 0 Å². The lowest BCUT2D eigenvalue weighted by Crippen LogP contribution is -2.44. The summed E-state index contributed by atoms with van der Waals surface area (Å²) in [6, 6.07) is 3.46. The van der Waals surface area contributed by atoms with Gasteiger partial charge in [-0.15, -0.1) is 0 Å². The number of fused-ring (bicyclic) bond motifs is 1. The highest BCUT2D eigenvalue weighted by Crippen LogP contribution is 2.34. The molecule has 1 fully saturated rings. The average Bonchev–Trinajstić information content (AvgIpc) is 2.87. The van der Waals surface area contributed by atoms with Crippen molar-refractivity contribution >= 4 is 17.8 Å². The van der Waals surface area contributed by atoms with Crippen LogP contribution in [0, 0.1) is 0 Å². The van der Waals surface area contributed by atoms with Crippen LogP contribution in [0.2, 0.25) is 0 Å². The SMILES string of the molecule is CCCN1C(=O)C(=O)N(CN2CCc3cc(OCC)c(OCC)cc3C2)C1=O. The number of carbonyl (C=O) groups is 3. The number of rotatable bonds is 8. The monoisotopic (exact) mass is 389 g/mol. The molecule has 28 heavy (non-hydrogen) atoms. The van der Waals surface area contributed by atoms with Crippen molar-refractivity contribution in [1.82, 2.24) is 14.7 Å². The van der Waals surface area contributed by atoms with Crippen LogP contribution in [0.3, 0.4) is 0 Å². The van der Waals surface area contributed by atoms with Crippen molar-refractivity contribution in [2.24, 2.45) is 0 Å². The minimum absolute atomic E-state index is 0.111. The Morgan fingerprint density at radius 3 is 2.11 bits per heavy atom. The average molecular weight is 389 g/mol. The first kappa shape index (κ1) is 20.1. The summed E-state index contributed by atoms with van der Waals surface area (Å²) in [5, 5.41) is 0. The number of amides is 4. The summed E-state index contributed by atoms with van der Waals surface area (Å²) in [6.07, 6.45) is 1.39. The quantitative estimate of drug-likeness (QED) is 0.500. The smallest absolute Gasteiger partial charge is 0.335 e. The molecule has 8 nitrogen and oxygen atoms in total. The van der Waals surface area contributed by atoms with Gasteiger partial charge in [-0.25, -0.2) is 9.69 Å². The molecule has 0 unspecified atom stereocenters. The summed E-state index contributed by atoms with van der Waals surface area (Å²) in [5.41, 5.74) is 2.25. The van der Waals surface area contributed by atoms with E-state index in [2.05, 4.69) is 0 Å². The maximum Gasteiger partial charge on any atom is 0.335 e. The first-order valence-electron chi connectivity index (χ1n) is 9.81. The molecule has 2 heterocycles. The fraction of sp³-hybridized carbons (Fsp3) is 0.550. The summed E-state index contributed by atoms with van der Waals surface area (Å²) in [4.78, 5) is 40.8. The number of hydrogen-bond donors (Lipinski definition) is 0. The molecular formula is C20H27N3O5. The number of hydrogen-bond acceptors (Lipinski definition) is 6. The van der Waals surface area contributed by atoms with Gasteiger partial charge in [0, 0.05) is 19.6 Å².